The molecule has 0 radical (unpaired) electrons. The minimum absolute atomic E-state index is 0.0250. The number of benzene rings is 2. The Morgan fingerprint density at radius 2 is 1.72 bits per heavy atom. The summed E-state index contributed by atoms with van der Waals surface area (Å²) in [6.07, 6.45) is 0.857. The summed E-state index contributed by atoms with van der Waals surface area (Å²) in [4.78, 5) is 19.5. The van der Waals surface area contributed by atoms with Crippen molar-refractivity contribution in [2.45, 2.75) is 39.5 Å². The predicted molar refractivity (Wildman–Crippen MR) is 119 cm³/mol. The van der Waals surface area contributed by atoms with Crippen molar-refractivity contribution in [3.8, 4) is 5.75 Å². The Hall–Kier alpha value is -2.08. The summed E-state index contributed by atoms with van der Waals surface area (Å²) in [5.41, 5.74) is 1.48. The highest BCUT2D eigenvalue weighted by Crippen LogP contribution is 2.21. The van der Waals surface area contributed by atoms with Crippen LogP contribution in [-0.2, 0) is 13.2 Å². The standard InChI is InChI=1S/C22H22Cl2N2O2S/c1-3-15(2)26(22(27)16-4-6-17(23)7-5-16)12-19-14-29-21(25-19)13-28-20-10-8-18(24)9-11-20/h4-11,14-15H,3,12-13H2,1-2H3/t15-/m1/s1. The summed E-state index contributed by atoms with van der Waals surface area (Å²) < 4.78 is 5.76. The third-order valence-corrected chi connectivity index (χ3v) is 5.96. The van der Waals surface area contributed by atoms with Gasteiger partial charge in [0, 0.05) is 27.0 Å². The Bertz CT molecular complexity index is 942. The van der Waals surface area contributed by atoms with Gasteiger partial charge in [0.15, 0.2) is 0 Å². The fraction of sp³-hybridized carbons (Fsp3) is 0.273. The maximum atomic E-state index is 13.0. The highest BCUT2D eigenvalue weighted by atomic mass is 35.5. The first-order valence-electron chi connectivity index (χ1n) is 9.34. The van der Waals surface area contributed by atoms with Gasteiger partial charge in [0.2, 0.25) is 0 Å². The molecule has 1 amide bonds. The molecule has 0 N–H and O–H groups in total. The van der Waals surface area contributed by atoms with E-state index in [0.29, 0.717) is 28.8 Å². The first-order valence-corrected chi connectivity index (χ1v) is 11.0. The monoisotopic (exact) mass is 448 g/mol. The van der Waals surface area contributed by atoms with Gasteiger partial charge < -0.3 is 9.64 Å². The smallest absolute Gasteiger partial charge is 0.254 e. The summed E-state index contributed by atoms with van der Waals surface area (Å²) in [5, 5.41) is 4.12. The maximum absolute atomic E-state index is 13.0. The van der Waals surface area contributed by atoms with Gasteiger partial charge in [0.1, 0.15) is 17.4 Å². The zero-order chi connectivity index (χ0) is 20.8. The van der Waals surface area contributed by atoms with E-state index in [-0.39, 0.29) is 11.9 Å². The van der Waals surface area contributed by atoms with Crippen molar-refractivity contribution < 1.29 is 9.53 Å². The van der Waals surface area contributed by atoms with Crippen LogP contribution >= 0.6 is 34.5 Å². The zero-order valence-corrected chi connectivity index (χ0v) is 18.6. The van der Waals surface area contributed by atoms with Gasteiger partial charge >= 0.3 is 0 Å². The molecule has 0 fully saturated rings. The average Bonchev–Trinajstić information content (AvgIpc) is 3.18. The first kappa shape index (κ1) is 21.6. The molecule has 0 unspecified atom stereocenters. The molecule has 0 saturated carbocycles. The summed E-state index contributed by atoms with van der Waals surface area (Å²) in [7, 11) is 0. The molecule has 3 rings (SSSR count). The molecule has 4 nitrogen and oxygen atoms in total. The summed E-state index contributed by atoms with van der Waals surface area (Å²) in [6.45, 7) is 4.94. The number of ether oxygens (including phenoxy) is 1. The van der Waals surface area contributed by atoms with E-state index in [0.717, 1.165) is 22.9 Å². The Morgan fingerprint density at radius 3 is 2.34 bits per heavy atom. The number of hydrogen-bond donors (Lipinski definition) is 0. The van der Waals surface area contributed by atoms with E-state index >= 15 is 0 Å². The highest BCUT2D eigenvalue weighted by molar-refractivity contribution is 7.09. The van der Waals surface area contributed by atoms with E-state index in [1.807, 2.05) is 29.3 Å². The van der Waals surface area contributed by atoms with Crippen LogP contribution in [0.1, 0.15) is 41.3 Å². The van der Waals surface area contributed by atoms with Gasteiger partial charge in [-0.3, -0.25) is 4.79 Å². The van der Waals surface area contributed by atoms with Crippen LogP contribution in [0, 0.1) is 0 Å². The van der Waals surface area contributed by atoms with Crippen molar-refractivity contribution in [3.63, 3.8) is 0 Å². The number of aromatic nitrogens is 1. The Morgan fingerprint density at radius 1 is 1.10 bits per heavy atom. The van der Waals surface area contributed by atoms with E-state index in [4.69, 9.17) is 27.9 Å². The number of amides is 1. The SMILES string of the molecule is CC[C@@H](C)N(Cc1csc(COc2ccc(Cl)cc2)n1)C(=O)c1ccc(Cl)cc1. The fourth-order valence-corrected chi connectivity index (χ4v) is 3.69. The Kier molecular flexibility index (Phi) is 7.53. The largest absolute Gasteiger partial charge is 0.486 e. The second-order valence-corrected chi connectivity index (χ2v) is 8.49. The number of nitrogens with zero attached hydrogens (tertiary/aromatic N) is 2. The topological polar surface area (TPSA) is 42.4 Å². The Balaban J connectivity index is 1.67. The van der Waals surface area contributed by atoms with Crippen molar-refractivity contribution in [2.75, 3.05) is 0 Å². The minimum Gasteiger partial charge on any atom is -0.486 e. The van der Waals surface area contributed by atoms with E-state index in [9.17, 15) is 4.79 Å². The van der Waals surface area contributed by atoms with Gasteiger partial charge in [-0.15, -0.1) is 11.3 Å². The molecular formula is C22H22Cl2N2O2S. The van der Waals surface area contributed by atoms with Crippen LogP contribution < -0.4 is 4.74 Å². The van der Waals surface area contributed by atoms with Crippen LogP contribution in [-0.4, -0.2) is 21.8 Å². The molecule has 1 heterocycles. The van der Waals surface area contributed by atoms with Crippen LogP contribution in [0.15, 0.2) is 53.9 Å². The zero-order valence-electron chi connectivity index (χ0n) is 16.3. The second-order valence-electron chi connectivity index (χ2n) is 6.67. The van der Waals surface area contributed by atoms with Crippen molar-refractivity contribution in [2.24, 2.45) is 0 Å². The van der Waals surface area contributed by atoms with Crippen molar-refractivity contribution in [1.29, 1.82) is 0 Å². The van der Waals surface area contributed by atoms with Crippen LogP contribution in [0.4, 0.5) is 0 Å². The molecule has 0 aliphatic carbocycles. The fourth-order valence-electron chi connectivity index (χ4n) is 2.74. The molecule has 0 bridgehead atoms. The lowest BCUT2D eigenvalue weighted by Crippen LogP contribution is -2.37. The average molecular weight is 449 g/mol. The number of carbonyl (C=O) groups is 1. The molecule has 0 aliphatic heterocycles. The maximum Gasteiger partial charge on any atom is 0.254 e. The van der Waals surface area contributed by atoms with Gasteiger partial charge in [0.05, 0.1) is 12.2 Å². The third-order valence-electron chi connectivity index (χ3n) is 4.58. The number of carbonyl (C=O) groups excluding carboxylic acids is 1. The van der Waals surface area contributed by atoms with Crippen molar-refractivity contribution in [1.82, 2.24) is 9.88 Å². The molecule has 1 atom stereocenters. The third kappa shape index (κ3) is 5.95. The van der Waals surface area contributed by atoms with E-state index in [1.165, 1.54) is 11.3 Å². The van der Waals surface area contributed by atoms with Gasteiger partial charge in [-0.25, -0.2) is 4.98 Å². The first-order chi connectivity index (χ1) is 14.0. The normalized spacial score (nSPS) is 11.9. The Labute approximate surface area is 185 Å². The molecule has 0 aliphatic rings. The number of halogens is 2. The number of thiazole rings is 1. The summed E-state index contributed by atoms with van der Waals surface area (Å²) in [6, 6.07) is 14.3. The van der Waals surface area contributed by atoms with Gasteiger partial charge in [0.25, 0.3) is 5.91 Å². The van der Waals surface area contributed by atoms with Gasteiger partial charge in [-0.05, 0) is 61.9 Å². The lowest BCUT2D eigenvalue weighted by Gasteiger charge is -2.28. The van der Waals surface area contributed by atoms with Crippen LogP contribution in [0.2, 0.25) is 10.0 Å². The van der Waals surface area contributed by atoms with Crippen LogP contribution in [0.25, 0.3) is 0 Å². The minimum atomic E-state index is -0.0250. The van der Waals surface area contributed by atoms with Crippen LogP contribution in [0.3, 0.4) is 0 Å². The molecule has 2 aromatic carbocycles. The summed E-state index contributed by atoms with van der Waals surface area (Å²) >= 11 is 13.4. The van der Waals surface area contributed by atoms with E-state index in [2.05, 4.69) is 11.9 Å². The van der Waals surface area contributed by atoms with Crippen LogP contribution in [0.5, 0.6) is 5.75 Å². The van der Waals surface area contributed by atoms with Gasteiger partial charge in [-0.2, -0.15) is 0 Å². The number of hydrogen-bond acceptors (Lipinski definition) is 4. The molecule has 0 spiro atoms. The second kappa shape index (κ2) is 10.1. The molecule has 1 aromatic heterocycles. The number of rotatable bonds is 8. The van der Waals surface area contributed by atoms with Crippen molar-refractivity contribution in [3.05, 3.63) is 80.2 Å². The van der Waals surface area contributed by atoms with E-state index in [1.54, 1.807) is 36.4 Å². The lowest BCUT2D eigenvalue weighted by atomic mass is 10.1. The molecule has 29 heavy (non-hydrogen) atoms. The quantitative estimate of drug-likeness (QED) is 0.396. The molecule has 0 saturated heterocycles. The van der Waals surface area contributed by atoms with E-state index < -0.39 is 0 Å². The van der Waals surface area contributed by atoms with Crippen molar-refractivity contribution >= 4 is 40.4 Å². The highest BCUT2D eigenvalue weighted by Gasteiger charge is 2.22. The van der Waals surface area contributed by atoms with Gasteiger partial charge in [-0.1, -0.05) is 30.1 Å². The molecule has 3 aromatic rings. The lowest BCUT2D eigenvalue weighted by molar-refractivity contribution is 0.0669. The molecule has 7 heteroatoms. The molecular weight excluding hydrogens is 427 g/mol. The molecule has 152 valence electrons. The summed E-state index contributed by atoms with van der Waals surface area (Å²) in [5.74, 6) is 0.716. The predicted octanol–water partition coefficient (Wildman–Crippen LogP) is 6.47.